The summed E-state index contributed by atoms with van der Waals surface area (Å²) in [6, 6.07) is 0.486. The van der Waals surface area contributed by atoms with Crippen LogP contribution in [0.5, 0.6) is 0 Å². The van der Waals surface area contributed by atoms with Crippen LogP contribution in [0.25, 0.3) is 0 Å². The molecule has 0 radical (unpaired) electrons. The van der Waals surface area contributed by atoms with Crippen molar-refractivity contribution in [3.05, 3.63) is 17.6 Å². The molecule has 1 aromatic heterocycles. The van der Waals surface area contributed by atoms with Gasteiger partial charge in [0.1, 0.15) is 12.1 Å². The van der Waals surface area contributed by atoms with Crippen molar-refractivity contribution < 1.29 is 0 Å². The van der Waals surface area contributed by atoms with E-state index in [-0.39, 0.29) is 0 Å². The zero-order chi connectivity index (χ0) is 11.0. The van der Waals surface area contributed by atoms with E-state index in [1.165, 1.54) is 30.5 Å². The van der Waals surface area contributed by atoms with Crippen LogP contribution in [0.3, 0.4) is 0 Å². The Balaban J connectivity index is 1.97. The molecule has 1 saturated heterocycles. The Morgan fingerprint density at radius 1 is 1.31 bits per heavy atom. The van der Waals surface area contributed by atoms with Crippen LogP contribution >= 0.6 is 0 Å². The molecule has 1 fully saturated rings. The summed E-state index contributed by atoms with van der Waals surface area (Å²) in [6.07, 6.45) is 7.63. The Morgan fingerprint density at radius 3 is 3.12 bits per heavy atom. The van der Waals surface area contributed by atoms with Crippen molar-refractivity contribution >= 4 is 5.82 Å². The standard InChI is InChI=1S/C12H18N4/c13-7-9-3-2-6-16(9)12-10-4-1-5-11(10)14-8-15-12/h8-9H,1-7,13H2. The molecule has 16 heavy (non-hydrogen) atoms. The van der Waals surface area contributed by atoms with Crippen LogP contribution in [-0.4, -0.2) is 29.1 Å². The van der Waals surface area contributed by atoms with Crippen molar-refractivity contribution in [1.29, 1.82) is 0 Å². The maximum absolute atomic E-state index is 5.82. The van der Waals surface area contributed by atoms with E-state index in [1.807, 2.05) is 0 Å². The van der Waals surface area contributed by atoms with Crippen LogP contribution in [0, 0.1) is 0 Å². The van der Waals surface area contributed by atoms with Crippen LogP contribution in [-0.2, 0) is 12.8 Å². The molecule has 2 aliphatic rings. The van der Waals surface area contributed by atoms with Crippen molar-refractivity contribution in [3.8, 4) is 0 Å². The Hall–Kier alpha value is -1.16. The third kappa shape index (κ3) is 1.48. The smallest absolute Gasteiger partial charge is 0.135 e. The highest BCUT2D eigenvalue weighted by Crippen LogP contribution is 2.31. The molecule has 2 heterocycles. The first-order valence-corrected chi connectivity index (χ1v) is 6.19. The van der Waals surface area contributed by atoms with Crippen LogP contribution in [0.4, 0.5) is 5.82 Å². The average Bonchev–Trinajstić information content (AvgIpc) is 2.96. The summed E-state index contributed by atoms with van der Waals surface area (Å²) in [4.78, 5) is 11.3. The molecule has 0 spiro atoms. The van der Waals surface area contributed by atoms with Gasteiger partial charge in [0.2, 0.25) is 0 Å². The fraction of sp³-hybridized carbons (Fsp3) is 0.667. The van der Waals surface area contributed by atoms with Gasteiger partial charge in [0.15, 0.2) is 0 Å². The van der Waals surface area contributed by atoms with E-state index >= 15 is 0 Å². The van der Waals surface area contributed by atoms with E-state index in [9.17, 15) is 0 Å². The maximum atomic E-state index is 5.82. The minimum atomic E-state index is 0.486. The first-order chi connectivity index (χ1) is 7.90. The van der Waals surface area contributed by atoms with Crippen LogP contribution in [0.2, 0.25) is 0 Å². The third-order valence-electron chi connectivity index (χ3n) is 3.77. The van der Waals surface area contributed by atoms with Gasteiger partial charge in [-0.25, -0.2) is 9.97 Å². The first-order valence-electron chi connectivity index (χ1n) is 6.19. The molecule has 1 atom stereocenters. The lowest BCUT2D eigenvalue weighted by molar-refractivity contribution is 0.668. The van der Waals surface area contributed by atoms with Gasteiger partial charge in [0.05, 0.1) is 0 Å². The Morgan fingerprint density at radius 2 is 2.25 bits per heavy atom. The van der Waals surface area contributed by atoms with Gasteiger partial charge in [-0.05, 0) is 32.1 Å². The molecule has 4 heteroatoms. The second kappa shape index (κ2) is 4.01. The minimum absolute atomic E-state index is 0.486. The number of anilines is 1. The van der Waals surface area contributed by atoms with Gasteiger partial charge in [-0.2, -0.15) is 0 Å². The number of hydrogen-bond donors (Lipinski definition) is 1. The van der Waals surface area contributed by atoms with E-state index in [0.29, 0.717) is 6.04 Å². The molecular formula is C12H18N4. The van der Waals surface area contributed by atoms with Gasteiger partial charge in [-0.3, -0.25) is 0 Å². The Bertz CT molecular complexity index is 391. The summed E-state index contributed by atoms with van der Waals surface area (Å²) < 4.78 is 0. The maximum Gasteiger partial charge on any atom is 0.135 e. The SMILES string of the molecule is NCC1CCCN1c1ncnc2c1CCC2. The monoisotopic (exact) mass is 218 g/mol. The summed E-state index contributed by atoms with van der Waals surface area (Å²) >= 11 is 0. The fourth-order valence-corrected chi connectivity index (χ4v) is 2.95. The lowest BCUT2D eigenvalue weighted by atomic mass is 10.2. The second-order valence-corrected chi connectivity index (χ2v) is 4.70. The number of nitrogens with two attached hydrogens (primary N) is 1. The number of fused-ring (bicyclic) bond motifs is 1. The van der Waals surface area contributed by atoms with E-state index in [1.54, 1.807) is 6.33 Å². The summed E-state index contributed by atoms with van der Waals surface area (Å²) in [5.74, 6) is 1.16. The van der Waals surface area contributed by atoms with Crippen LogP contribution in [0.1, 0.15) is 30.5 Å². The van der Waals surface area contributed by atoms with E-state index < -0.39 is 0 Å². The largest absolute Gasteiger partial charge is 0.352 e. The molecular weight excluding hydrogens is 200 g/mol. The molecule has 1 unspecified atom stereocenters. The van der Waals surface area contributed by atoms with Crippen molar-refractivity contribution in [2.45, 2.75) is 38.1 Å². The number of hydrogen-bond acceptors (Lipinski definition) is 4. The summed E-state index contributed by atoms with van der Waals surface area (Å²) in [5.41, 5.74) is 8.46. The summed E-state index contributed by atoms with van der Waals surface area (Å²) in [6.45, 7) is 1.84. The lowest BCUT2D eigenvalue weighted by Crippen LogP contribution is -2.36. The molecule has 1 aliphatic heterocycles. The third-order valence-corrected chi connectivity index (χ3v) is 3.77. The average molecular weight is 218 g/mol. The molecule has 0 amide bonds. The zero-order valence-corrected chi connectivity index (χ0v) is 9.52. The highest BCUT2D eigenvalue weighted by Gasteiger charge is 2.28. The van der Waals surface area contributed by atoms with Gasteiger partial charge in [0, 0.05) is 30.4 Å². The first kappa shape index (κ1) is 10.0. The minimum Gasteiger partial charge on any atom is -0.352 e. The van der Waals surface area contributed by atoms with Crippen LogP contribution < -0.4 is 10.6 Å². The van der Waals surface area contributed by atoms with Gasteiger partial charge in [-0.1, -0.05) is 0 Å². The second-order valence-electron chi connectivity index (χ2n) is 4.70. The fourth-order valence-electron chi connectivity index (χ4n) is 2.95. The molecule has 4 nitrogen and oxygen atoms in total. The molecule has 0 bridgehead atoms. The molecule has 0 aromatic carbocycles. The topological polar surface area (TPSA) is 55.0 Å². The van der Waals surface area contributed by atoms with Crippen molar-refractivity contribution in [2.75, 3.05) is 18.0 Å². The highest BCUT2D eigenvalue weighted by molar-refractivity contribution is 5.52. The molecule has 86 valence electrons. The van der Waals surface area contributed by atoms with E-state index in [0.717, 1.165) is 31.7 Å². The number of aryl methyl sites for hydroxylation is 1. The predicted octanol–water partition coefficient (Wildman–Crippen LogP) is 0.893. The van der Waals surface area contributed by atoms with Gasteiger partial charge < -0.3 is 10.6 Å². The highest BCUT2D eigenvalue weighted by atomic mass is 15.2. The summed E-state index contributed by atoms with van der Waals surface area (Å²) in [7, 11) is 0. The van der Waals surface area contributed by atoms with Crippen molar-refractivity contribution in [3.63, 3.8) is 0 Å². The van der Waals surface area contributed by atoms with Gasteiger partial charge in [-0.15, -0.1) is 0 Å². The zero-order valence-electron chi connectivity index (χ0n) is 9.52. The summed E-state index contributed by atoms with van der Waals surface area (Å²) in [5, 5.41) is 0. The normalized spacial score (nSPS) is 23.8. The van der Waals surface area contributed by atoms with Gasteiger partial charge >= 0.3 is 0 Å². The molecule has 3 rings (SSSR count). The molecule has 0 saturated carbocycles. The van der Waals surface area contributed by atoms with Crippen LogP contribution in [0.15, 0.2) is 6.33 Å². The molecule has 1 aromatic rings. The van der Waals surface area contributed by atoms with Gasteiger partial charge in [0.25, 0.3) is 0 Å². The van der Waals surface area contributed by atoms with E-state index in [2.05, 4.69) is 14.9 Å². The van der Waals surface area contributed by atoms with Crippen molar-refractivity contribution in [2.24, 2.45) is 5.73 Å². The number of nitrogens with zero attached hydrogens (tertiary/aromatic N) is 3. The van der Waals surface area contributed by atoms with E-state index in [4.69, 9.17) is 5.73 Å². The lowest BCUT2D eigenvalue weighted by Gasteiger charge is -2.26. The Labute approximate surface area is 95.9 Å². The molecule has 1 aliphatic carbocycles. The Kier molecular flexibility index (Phi) is 2.52. The number of aromatic nitrogens is 2. The predicted molar refractivity (Wildman–Crippen MR) is 63.5 cm³/mol. The number of rotatable bonds is 2. The van der Waals surface area contributed by atoms with Crippen molar-refractivity contribution in [1.82, 2.24) is 9.97 Å². The quantitative estimate of drug-likeness (QED) is 0.801. The molecule has 2 N–H and O–H groups in total.